The lowest BCUT2D eigenvalue weighted by molar-refractivity contribution is 0.122. The van der Waals surface area contributed by atoms with Gasteiger partial charge in [-0.3, -0.25) is 0 Å². The van der Waals surface area contributed by atoms with Crippen molar-refractivity contribution < 1.29 is 9.47 Å². The van der Waals surface area contributed by atoms with Gasteiger partial charge in [-0.2, -0.15) is 0 Å². The molecule has 0 spiro atoms. The third-order valence-electron chi connectivity index (χ3n) is 4.09. The molecule has 4 rings (SSSR count). The van der Waals surface area contributed by atoms with E-state index in [0.29, 0.717) is 0 Å². The van der Waals surface area contributed by atoms with Gasteiger partial charge < -0.3 is 14.4 Å². The summed E-state index contributed by atoms with van der Waals surface area (Å²) < 4.78 is 12.3. The van der Waals surface area contributed by atoms with Crippen LogP contribution in [-0.2, 0) is 4.74 Å². The van der Waals surface area contributed by atoms with Crippen molar-refractivity contribution in [3.8, 4) is 16.3 Å². The first-order valence-corrected chi connectivity index (χ1v) is 8.53. The third kappa shape index (κ3) is 2.78. The lowest BCUT2D eigenvalue weighted by atomic mass is 10.1. The van der Waals surface area contributed by atoms with E-state index >= 15 is 0 Å². The summed E-state index contributed by atoms with van der Waals surface area (Å²) in [7, 11) is 1.72. The Hall–Kier alpha value is -2.11. The maximum absolute atomic E-state index is 5.64. The van der Waals surface area contributed by atoms with Crippen LogP contribution < -0.4 is 9.64 Å². The van der Waals surface area contributed by atoms with Crippen LogP contribution in [0.2, 0.25) is 0 Å². The molecule has 4 nitrogen and oxygen atoms in total. The van der Waals surface area contributed by atoms with Crippen LogP contribution >= 0.6 is 11.3 Å². The van der Waals surface area contributed by atoms with Gasteiger partial charge in [-0.1, -0.05) is 12.1 Å². The Labute approximate surface area is 139 Å². The van der Waals surface area contributed by atoms with Crippen molar-refractivity contribution in [1.82, 2.24) is 4.98 Å². The molecule has 0 atom stereocenters. The quantitative estimate of drug-likeness (QED) is 0.733. The number of ether oxygens (including phenoxy) is 2. The number of rotatable bonds is 3. The molecule has 1 saturated heterocycles. The Kier molecular flexibility index (Phi) is 3.89. The summed E-state index contributed by atoms with van der Waals surface area (Å²) >= 11 is 1.70. The Bertz CT molecular complexity index is 792. The smallest absolute Gasteiger partial charge is 0.131 e. The highest BCUT2D eigenvalue weighted by atomic mass is 32.1. The maximum Gasteiger partial charge on any atom is 0.131 e. The number of fused-ring (bicyclic) bond motifs is 1. The molecule has 0 amide bonds. The van der Waals surface area contributed by atoms with Crippen molar-refractivity contribution in [2.75, 3.05) is 38.3 Å². The van der Waals surface area contributed by atoms with Crippen molar-refractivity contribution in [2.45, 2.75) is 0 Å². The minimum absolute atomic E-state index is 0.780. The predicted octanol–water partition coefficient (Wildman–Crippen LogP) is 3.81. The largest absolute Gasteiger partial charge is 0.496 e. The molecule has 5 heteroatoms. The summed E-state index contributed by atoms with van der Waals surface area (Å²) in [6.45, 7) is 3.40. The fourth-order valence-corrected chi connectivity index (χ4v) is 3.86. The normalized spacial score (nSPS) is 15.1. The lowest BCUT2D eigenvalue weighted by Gasteiger charge is -2.29. The van der Waals surface area contributed by atoms with E-state index in [-0.39, 0.29) is 0 Å². The second-order valence-electron chi connectivity index (χ2n) is 5.47. The number of hydrogen-bond donors (Lipinski definition) is 0. The summed E-state index contributed by atoms with van der Waals surface area (Å²) in [5.74, 6) is 0.869. The predicted molar refractivity (Wildman–Crippen MR) is 94.6 cm³/mol. The molecule has 0 bridgehead atoms. The van der Waals surface area contributed by atoms with Gasteiger partial charge in [-0.05, 0) is 24.3 Å². The van der Waals surface area contributed by atoms with Crippen LogP contribution in [0.5, 0.6) is 5.75 Å². The van der Waals surface area contributed by atoms with Gasteiger partial charge in [0.2, 0.25) is 0 Å². The average molecular weight is 326 g/mol. The first-order valence-electron chi connectivity index (χ1n) is 7.72. The van der Waals surface area contributed by atoms with Crippen LogP contribution in [0.4, 0.5) is 5.69 Å². The number of hydrogen-bond acceptors (Lipinski definition) is 5. The van der Waals surface area contributed by atoms with Crippen molar-refractivity contribution >= 4 is 27.2 Å². The van der Waals surface area contributed by atoms with Gasteiger partial charge in [-0.15, -0.1) is 11.3 Å². The summed E-state index contributed by atoms with van der Waals surface area (Å²) in [6.07, 6.45) is 0. The van der Waals surface area contributed by atoms with Gasteiger partial charge in [0.25, 0.3) is 0 Å². The summed E-state index contributed by atoms with van der Waals surface area (Å²) in [4.78, 5) is 7.07. The molecule has 2 heterocycles. The Morgan fingerprint density at radius 3 is 2.74 bits per heavy atom. The van der Waals surface area contributed by atoms with Crippen LogP contribution in [0.15, 0.2) is 42.5 Å². The van der Waals surface area contributed by atoms with E-state index in [2.05, 4.69) is 29.2 Å². The summed E-state index contributed by atoms with van der Waals surface area (Å²) in [5, 5.41) is 0.997. The molecule has 0 aliphatic carbocycles. The molecule has 1 fully saturated rings. The topological polar surface area (TPSA) is 34.6 Å². The second kappa shape index (κ2) is 6.18. The fourth-order valence-electron chi connectivity index (χ4n) is 2.86. The number of anilines is 1. The SMILES string of the molecule is COc1cc(N2CCOCC2)ccc1-c1nc2ccccc2s1. The molecule has 2 aromatic carbocycles. The third-order valence-corrected chi connectivity index (χ3v) is 5.16. The first-order chi connectivity index (χ1) is 11.3. The van der Waals surface area contributed by atoms with Crippen LogP contribution in [0, 0.1) is 0 Å². The van der Waals surface area contributed by atoms with Gasteiger partial charge in [0, 0.05) is 24.8 Å². The zero-order valence-electron chi connectivity index (χ0n) is 13.0. The number of aromatic nitrogens is 1. The van der Waals surface area contributed by atoms with Crippen molar-refractivity contribution in [1.29, 1.82) is 0 Å². The summed E-state index contributed by atoms with van der Waals surface area (Å²) in [5.41, 5.74) is 3.26. The standard InChI is InChI=1S/C18H18N2O2S/c1-21-16-12-13(20-8-10-22-11-9-20)6-7-14(16)18-19-15-4-2-3-5-17(15)23-18/h2-7,12H,8-11H2,1H3. The van der Waals surface area contributed by atoms with E-state index in [1.54, 1.807) is 18.4 Å². The molecule has 0 saturated carbocycles. The molecule has 1 aromatic heterocycles. The van der Waals surface area contributed by atoms with Crippen molar-refractivity contribution in [3.63, 3.8) is 0 Å². The number of para-hydroxylation sites is 1. The Morgan fingerprint density at radius 2 is 1.96 bits per heavy atom. The fraction of sp³-hybridized carbons (Fsp3) is 0.278. The number of morpholine rings is 1. The summed E-state index contributed by atoms with van der Waals surface area (Å²) in [6, 6.07) is 14.6. The van der Waals surface area contributed by atoms with E-state index < -0.39 is 0 Å². The number of benzene rings is 2. The minimum Gasteiger partial charge on any atom is -0.496 e. The van der Waals surface area contributed by atoms with Crippen molar-refractivity contribution in [3.05, 3.63) is 42.5 Å². The van der Waals surface area contributed by atoms with E-state index in [9.17, 15) is 0 Å². The monoisotopic (exact) mass is 326 g/mol. The first kappa shape index (κ1) is 14.5. The van der Waals surface area contributed by atoms with Gasteiger partial charge in [0.05, 0.1) is 36.1 Å². The molecule has 1 aliphatic rings. The van der Waals surface area contributed by atoms with Crippen LogP contribution in [-0.4, -0.2) is 38.4 Å². The number of methoxy groups -OCH3 is 1. The molecule has 0 unspecified atom stereocenters. The molecule has 23 heavy (non-hydrogen) atoms. The molecule has 118 valence electrons. The van der Waals surface area contributed by atoms with Crippen LogP contribution in [0.1, 0.15) is 0 Å². The molecular formula is C18H18N2O2S. The van der Waals surface area contributed by atoms with Gasteiger partial charge in [0.15, 0.2) is 0 Å². The molecule has 1 aliphatic heterocycles. The van der Waals surface area contributed by atoms with Crippen LogP contribution in [0.25, 0.3) is 20.8 Å². The van der Waals surface area contributed by atoms with E-state index in [1.165, 1.54) is 10.4 Å². The van der Waals surface area contributed by atoms with E-state index in [1.807, 2.05) is 18.2 Å². The highest BCUT2D eigenvalue weighted by Crippen LogP contribution is 2.37. The lowest BCUT2D eigenvalue weighted by Crippen LogP contribution is -2.36. The van der Waals surface area contributed by atoms with Gasteiger partial charge in [0.1, 0.15) is 10.8 Å². The highest BCUT2D eigenvalue weighted by Gasteiger charge is 2.16. The maximum atomic E-state index is 5.64. The number of thiazole rings is 1. The molecule has 0 radical (unpaired) electrons. The van der Waals surface area contributed by atoms with E-state index in [4.69, 9.17) is 14.5 Å². The van der Waals surface area contributed by atoms with E-state index in [0.717, 1.165) is 48.1 Å². The van der Waals surface area contributed by atoms with Gasteiger partial charge >= 0.3 is 0 Å². The van der Waals surface area contributed by atoms with Crippen LogP contribution in [0.3, 0.4) is 0 Å². The highest BCUT2D eigenvalue weighted by molar-refractivity contribution is 7.21. The Balaban J connectivity index is 1.73. The average Bonchev–Trinajstić information content (AvgIpc) is 3.06. The Morgan fingerprint density at radius 1 is 1.13 bits per heavy atom. The zero-order valence-corrected chi connectivity index (χ0v) is 13.8. The zero-order chi connectivity index (χ0) is 15.6. The molecule has 0 N–H and O–H groups in total. The number of nitrogens with zero attached hydrogens (tertiary/aromatic N) is 2. The second-order valence-corrected chi connectivity index (χ2v) is 6.50. The minimum atomic E-state index is 0.780. The molecule has 3 aromatic rings. The van der Waals surface area contributed by atoms with Gasteiger partial charge in [-0.25, -0.2) is 4.98 Å². The molecular weight excluding hydrogens is 308 g/mol. The van der Waals surface area contributed by atoms with Crippen molar-refractivity contribution in [2.24, 2.45) is 0 Å².